The highest BCUT2D eigenvalue weighted by Crippen LogP contribution is 2.16. The Morgan fingerprint density at radius 3 is 2.71 bits per heavy atom. The molecule has 6 heteroatoms. The Balaban J connectivity index is 2.39. The first-order chi connectivity index (χ1) is 10.1. The summed E-state index contributed by atoms with van der Waals surface area (Å²) in [7, 11) is 0. The topological polar surface area (TPSA) is 74.9 Å². The Bertz CT molecular complexity index is 663. The number of aliphatic carboxylic acids is 1. The second-order valence-corrected chi connectivity index (χ2v) is 4.72. The predicted octanol–water partition coefficient (Wildman–Crippen LogP) is 1.83. The highest BCUT2D eigenvalue weighted by atomic mass is 16.4. The number of rotatable bonds is 6. The van der Waals surface area contributed by atoms with Gasteiger partial charge in [0.15, 0.2) is 0 Å². The van der Waals surface area contributed by atoms with Crippen LogP contribution in [-0.4, -0.2) is 44.4 Å². The van der Waals surface area contributed by atoms with Crippen molar-refractivity contribution in [2.24, 2.45) is 0 Å². The standard InChI is InChI=1S/C15H19N3O3/c1-3-11-14(18-9-6-5-7-12(18)16-11)15(21)17(4-2)10-8-13(19)20/h5-7,9H,3-4,8,10H2,1-2H3,(H,19,20). The number of amides is 1. The van der Waals surface area contributed by atoms with Crippen LogP contribution in [0.4, 0.5) is 0 Å². The molecule has 0 radical (unpaired) electrons. The third kappa shape index (κ3) is 3.04. The van der Waals surface area contributed by atoms with Gasteiger partial charge in [-0.15, -0.1) is 0 Å². The normalized spacial score (nSPS) is 10.8. The zero-order valence-electron chi connectivity index (χ0n) is 12.2. The molecular formula is C15H19N3O3. The average molecular weight is 289 g/mol. The number of hydrogen-bond acceptors (Lipinski definition) is 3. The minimum absolute atomic E-state index is 0.0578. The van der Waals surface area contributed by atoms with Gasteiger partial charge >= 0.3 is 5.97 Å². The fourth-order valence-electron chi connectivity index (χ4n) is 2.30. The summed E-state index contributed by atoms with van der Waals surface area (Å²) >= 11 is 0. The second-order valence-electron chi connectivity index (χ2n) is 4.72. The zero-order chi connectivity index (χ0) is 15.4. The lowest BCUT2D eigenvalue weighted by molar-refractivity contribution is -0.137. The number of aromatic nitrogens is 2. The van der Waals surface area contributed by atoms with Crippen LogP contribution in [0, 0.1) is 0 Å². The van der Waals surface area contributed by atoms with Gasteiger partial charge in [-0.2, -0.15) is 0 Å². The Morgan fingerprint density at radius 1 is 1.33 bits per heavy atom. The van der Waals surface area contributed by atoms with E-state index in [-0.39, 0.29) is 18.9 Å². The summed E-state index contributed by atoms with van der Waals surface area (Å²) in [6.45, 7) is 4.46. The molecule has 1 N–H and O–H groups in total. The van der Waals surface area contributed by atoms with Crippen molar-refractivity contribution in [1.29, 1.82) is 0 Å². The third-order valence-electron chi connectivity index (χ3n) is 3.40. The minimum atomic E-state index is -0.907. The van der Waals surface area contributed by atoms with Crippen LogP contribution >= 0.6 is 0 Å². The monoisotopic (exact) mass is 289 g/mol. The Labute approximate surface area is 123 Å². The highest BCUT2D eigenvalue weighted by Gasteiger charge is 2.22. The number of carbonyl (C=O) groups excluding carboxylic acids is 1. The van der Waals surface area contributed by atoms with E-state index in [0.29, 0.717) is 18.7 Å². The molecule has 0 aliphatic rings. The number of fused-ring (bicyclic) bond motifs is 1. The number of carboxylic acid groups (broad SMARTS) is 1. The molecule has 0 spiro atoms. The first-order valence-corrected chi connectivity index (χ1v) is 7.05. The van der Waals surface area contributed by atoms with E-state index in [4.69, 9.17) is 5.11 Å². The van der Waals surface area contributed by atoms with Crippen LogP contribution in [-0.2, 0) is 11.2 Å². The molecule has 0 aliphatic carbocycles. The van der Waals surface area contributed by atoms with Gasteiger partial charge in [-0.25, -0.2) is 4.98 Å². The second kappa shape index (κ2) is 6.39. The van der Waals surface area contributed by atoms with Crippen molar-refractivity contribution in [3.63, 3.8) is 0 Å². The largest absolute Gasteiger partial charge is 0.481 e. The van der Waals surface area contributed by atoms with Gasteiger partial charge in [0.25, 0.3) is 5.91 Å². The molecule has 2 heterocycles. The van der Waals surface area contributed by atoms with E-state index in [0.717, 1.165) is 11.3 Å². The van der Waals surface area contributed by atoms with Crippen molar-refractivity contribution in [2.45, 2.75) is 26.7 Å². The molecule has 1 amide bonds. The number of carbonyl (C=O) groups is 2. The molecule has 0 saturated heterocycles. The van der Waals surface area contributed by atoms with Crippen molar-refractivity contribution in [1.82, 2.24) is 14.3 Å². The van der Waals surface area contributed by atoms with Crippen LogP contribution in [0.1, 0.15) is 36.5 Å². The van der Waals surface area contributed by atoms with Gasteiger partial charge in [0.05, 0.1) is 12.1 Å². The van der Waals surface area contributed by atoms with Gasteiger partial charge in [-0.05, 0) is 25.5 Å². The van der Waals surface area contributed by atoms with Crippen molar-refractivity contribution in [2.75, 3.05) is 13.1 Å². The minimum Gasteiger partial charge on any atom is -0.481 e. The molecule has 2 rings (SSSR count). The number of hydrogen-bond donors (Lipinski definition) is 1. The van der Waals surface area contributed by atoms with Crippen molar-refractivity contribution >= 4 is 17.5 Å². The molecule has 21 heavy (non-hydrogen) atoms. The van der Waals surface area contributed by atoms with E-state index in [1.807, 2.05) is 32.0 Å². The summed E-state index contributed by atoms with van der Waals surface area (Å²) in [6, 6.07) is 5.57. The summed E-state index contributed by atoms with van der Waals surface area (Å²) in [6.07, 6.45) is 2.40. The number of carboxylic acids is 1. The maximum atomic E-state index is 12.7. The molecule has 0 aliphatic heterocycles. The summed E-state index contributed by atoms with van der Waals surface area (Å²) in [5, 5.41) is 8.79. The molecule has 0 aromatic carbocycles. The molecule has 0 saturated carbocycles. The van der Waals surface area contributed by atoms with Gasteiger partial charge in [0, 0.05) is 19.3 Å². The van der Waals surface area contributed by atoms with Crippen LogP contribution in [0.25, 0.3) is 5.65 Å². The fourth-order valence-corrected chi connectivity index (χ4v) is 2.30. The molecule has 0 fully saturated rings. The summed E-state index contributed by atoms with van der Waals surface area (Å²) in [5.41, 5.74) is 1.99. The van der Waals surface area contributed by atoms with E-state index in [2.05, 4.69) is 4.98 Å². The van der Waals surface area contributed by atoms with Crippen LogP contribution < -0.4 is 0 Å². The first-order valence-electron chi connectivity index (χ1n) is 7.05. The van der Waals surface area contributed by atoms with Crippen LogP contribution in [0.3, 0.4) is 0 Å². The molecule has 2 aromatic heterocycles. The Morgan fingerprint density at radius 2 is 2.10 bits per heavy atom. The molecule has 112 valence electrons. The molecule has 0 unspecified atom stereocenters. The molecule has 0 atom stereocenters. The quantitative estimate of drug-likeness (QED) is 0.880. The number of pyridine rings is 1. The van der Waals surface area contributed by atoms with Gasteiger partial charge < -0.3 is 10.0 Å². The lowest BCUT2D eigenvalue weighted by Crippen LogP contribution is -2.34. The third-order valence-corrected chi connectivity index (χ3v) is 3.40. The van der Waals surface area contributed by atoms with Crippen LogP contribution in [0.2, 0.25) is 0 Å². The van der Waals surface area contributed by atoms with Crippen LogP contribution in [0.5, 0.6) is 0 Å². The van der Waals surface area contributed by atoms with Gasteiger partial charge in [-0.1, -0.05) is 13.0 Å². The van der Waals surface area contributed by atoms with Gasteiger partial charge in [-0.3, -0.25) is 14.0 Å². The molecule has 6 nitrogen and oxygen atoms in total. The zero-order valence-corrected chi connectivity index (χ0v) is 12.2. The van der Waals surface area contributed by atoms with Gasteiger partial charge in [0.1, 0.15) is 11.3 Å². The number of nitrogens with zero attached hydrogens (tertiary/aromatic N) is 3. The number of imidazole rings is 1. The molecule has 0 bridgehead atoms. The van der Waals surface area contributed by atoms with Crippen LogP contribution in [0.15, 0.2) is 24.4 Å². The summed E-state index contributed by atoms with van der Waals surface area (Å²) < 4.78 is 1.77. The van der Waals surface area contributed by atoms with Gasteiger partial charge in [0.2, 0.25) is 0 Å². The van der Waals surface area contributed by atoms with Crippen molar-refractivity contribution in [3.05, 3.63) is 35.8 Å². The highest BCUT2D eigenvalue weighted by molar-refractivity contribution is 5.95. The smallest absolute Gasteiger partial charge is 0.305 e. The summed E-state index contributed by atoms with van der Waals surface area (Å²) in [5.74, 6) is -1.08. The Hall–Kier alpha value is -2.37. The SMILES string of the molecule is CCc1nc2ccccn2c1C(=O)N(CC)CCC(=O)O. The van der Waals surface area contributed by atoms with E-state index < -0.39 is 5.97 Å². The maximum Gasteiger partial charge on any atom is 0.305 e. The van der Waals surface area contributed by atoms with Crippen molar-refractivity contribution < 1.29 is 14.7 Å². The van der Waals surface area contributed by atoms with E-state index in [1.54, 1.807) is 15.5 Å². The average Bonchev–Trinajstić information content (AvgIpc) is 2.85. The first kappa shape index (κ1) is 15.0. The van der Waals surface area contributed by atoms with E-state index >= 15 is 0 Å². The van der Waals surface area contributed by atoms with E-state index in [9.17, 15) is 9.59 Å². The summed E-state index contributed by atoms with van der Waals surface area (Å²) in [4.78, 5) is 29.4. The van der Waals surface area contributed by atoms with E-state index in [1.165, 1.54) is 0 Å². The van der Waals surface area contributed by atoms with Crippen molar-refractivity contribution in [3.8, 4) is 0 Å². The predicted molar refractivity (Wildman–Crippen MR) is 78.4 cm³/mol. The lowest BCUT2D eigenvalue weighted by atomic mass is 10.2. The lowest BCUT2D eigenvalue weighted by Gasteiger charge is -2.20. The molecule has 2 aromatic rings. The Kier molecular flexibility index (Phi) is 4.57. The number of aryl methyl sites for hydroxylation is 1. The fraction of sp³-hybridized carbons (Fsp3) is 0.400. The molecular weight excluding hydrogens is 270 g/mol. The maximum absolute atomic E-state index is 12.7.